The summed E-state index contributed by atoms with van der Waals surface area (Å²) in [6.45, 7) is 2.57. The lowest BCUT2D eigenvalue weighted by molar-refractivity contribution is -0.126. The maximum absolute atomic E-state index is 12.5. The number of hydrogen-bond donors (Lipinski definition) is 1. The van der Waals surface area contributed by atoms with Crippen LogP contribution in [0.25, 0.3) is 0 Å². The van der Waals surface area contributed by atoms with Crippen molar-refractivity contribution < 1.29 is 19.1 Å². The van der Waals surface area contributed by atoms with Crippen LogP contribution in [0.1, 0.15) is 17.8 Å². The standard InChI is InChI=1S/C20H23N3O4/c1-13-5-4-6-15(22-13)11-21-20(25)14-7-19(24)23(12-14)16-8-17(26-2)10-18(9-16)27-3/h4-6,8-10,14H,7,11-12H2,1-3H3,(H,21,25). The van der Waals surface area contributed by atoms with E-state index in [2.05, 4.69) is 10.3 Å². The third-order valence-corrected chi connectivity index (χ3v) is 4.53. The van der Waals surface area contributed by atoms with E-state index in [1.807, 2.05) is 25.1 Å². The maximum Gasteiger partial charge on any atom is 0.227 e. The van der Waals surface area contributed by atoms with Crippen LogP contribution >= 0.6 is 0 Å². The Labute approximate surface area is 158 Å². The van der Waals surface area contributed by atoms with Crippen molar-refractivity contribution >= 4 is 17.5 Å². The number of aromatic nitrogens is 1. The summed E-state index contributed by atoms with van der Waals surface area (Å²) in [4.78, 5) is 30.9. The van der Waals surface area contributed by atoms with Crippen LogP contribution < -0.4 is 19.7 Å². The molecule has 1 N–H and O–H groups in total. The van der Waals surface area contributed by atoms with E-state index in [1.54, 1.807) is 37.3 Å². The first kappa shape index (κ1) is 18.7. The number of methoxy groups -OCH3 is 2. The first-order valence-corrected chi connectivity index (χ1v) is 8.74. The first-order valence-electron chi connectivity index (χ1n) is 8.74. The molecule has 0 saturated carbocycles. The van der Waals surface area contributed by atoms with Crippen LogP contribution in [-0.4, -0.2) is 37.6 Å². The number of anilines is 1. The molecule has 142 valence electrons. The Kier molecular flexibility index (Phi) is 5.59. The number of pyridine rings is 1. The van der Waals surface area contributed by atoms with Gasteiger partial charge in [0.05, 0.1) is 38.1 Å². The molecule has 1 atom stereocenters. The predicted molar refractivity (Wildman–Crippen MR) is 101 cm³/mol. The Morgan fingerprint density at radius 3 is 2.56 bits per heavy atom. The third kappa shape index (κ3) is 4.36. The molecule has 1 fully saturated rings. The summed E-state index contributed by atoms with van der Waals surface area (Å²) in [5.74, 6) is 0.536. The Morgan fingerprint density at radius 2 is 1.93 bits per heavy atom. The molecule has 1 saturated heterocycles. The lowest BCUT2D eigenvalue weighted by Crippen LogP contribution is -2.32. The molecule has 1 aromatic heterocycles. The van der Waals surface area contributed by atoms with Crippen LogP contribution in [0.2, 0.25) is 0 Å². The normalized spacial score (nSPS) is 16.3. The van der Waals surface area contributed by atoms with Gasteiger partial charge in [0.15, 0.2) is 0 Å². The van der Waals surface area contributed by atoms with E-state index in [1.165, 1.54) is 0 Å². The van der Waals surface area contributed by atoms with E-state index in [9.17, 15) is 9.59 Å². The second kappa shape index (κ2) is 8.07. The predicted octanol–water partition coefficient (Wildman–Crippen LogP) is 2.08. The average Bonchev–Trinajstić information content (AvgIpc) is 3.07. The van der Waals surface area contributed by atoms with Crippen LogP contribution in [0, 0.1) is 12.8 Å². The summed E-state index contributed by atoms with van der Waals surface area (Å²) in [7, 11) is 3.11. The monoisotopic (exact) mass is 369 g/mol. The SMILES string of the molecule is COc1cc(OC)cc(N2CC(C(=O)NCc3cccc(C)n3)CC2=O)c1. The second-order valence-corrected chi connectivity index (χ2v) is 6.46. The van der Waals surface area contributed by atoms with Gasteiger partial charge in [-0.25, -0.2) is 0 Å². The van der Waals surface area contributed by atoms with Gasteiger partial charge in [0.1, 0.15) is 11.5 Å². The van der Waals surface area contributed by atoms with Crippen LogP contribution in [0.4, 0.5) is 5.69 Å². The highest BCUT2D eigenvalue weighted by Gasteiger charge is 2.35. The zero-order valence-electron chi connectivity index (χ0n) is 15.7. The van der Waals surface area contributed by atoms with Crippen molar-refractivity contribution in [2.75, 3.05) is 25.7 Å². The summed E-state index contributed by atoms with van der Waals surface area (Å²) in [6, 6.07) is 10.9. The van der Waals surface area contributed by atoms with Crippen molar-refractivity contribution in [1.82, 2.24) is 10.3 Å². The Bertz CT molecular complexity index is 831. The fraction of sp³-hybridized carbons (Fsp3) is 0.350. The van der Waals surface area contributed by atoms with Gasteiger partial charge < -0.3 is 19.7 Å². The summed E-state index contributed by atoms with van der Waals surface area (Å²) < 4.78 is 10.5. The molecule has 27 heavy (non-hydrogen) atoms. The highest BCUT2D eigenvalue weighted by Crippen LogP contribution is 2.32. The molecule has 0 radical (unpaired) electrons. The zero-order valence-corrected chi connectivity index (χ0v) is 15.7. The van der Waals surface area contributed by atoms with Crippen molar-refractivity contribution in [2.45, 2.75) is 19.9 Å². The van der Waals surface area contributed by atoms with Gasteiger partial charge in [-0.05, 0) is 19.1 Å². The van der Waals surface area contributed by atoms with Crippen LogP contribution in [0.15, 0.2) is 36.4 Å². The van der Waals surface area contributed by atoms with Crippen molar-refractivity contribution in [3.8, 4) is 11.5 Å². The van der Waals surface area contributed by atoms with E-state index < -0.39 is 5.92 Å². The van der Waals surface area contributed by atoms with Gasteiger partial charge in [-0.3, -0.25) is 14.6 Å². The van der Waals surface area contributed by atoms with E-state index in [0.29, 0.717) is 30.3 Å². The lowest BCUT2D eigenvalue weighted by atomic mass is 10.1. The Hall–Kier alpha value is -3.09. The molecule has 7 heteroatoms. The van der Waals surface area contributed by atoms with Crippen LogP contribution in [-0.2, 0) is 16.1 Å². The molecular formula is C20H23N3O4. The smallest absolute Gasteiger partial charge is 0.227 e. The molecule has 1 aromatic carbocycles. The van der Waals surface area contributed by atoms with Crippen molar-refractivity contribution in [1.29, 1.82) is 0 Å². The molecule has 0 aliphatic carbocycles. The fourth-order valence-electron chi connectivity index (χ4n) is 3.10. The number of hydrogen-bond acceptors (Lipinski definition) is 5. The minimum absolute atomic E-state index is 0.0980. The van der Waals surface area contributed by atoms with E-state index in [0.717, 1.165) is 11.4 Å². The quantitative estimate of drug-likeness (QED) is 0.843. The summed E-state index contributed by atoms with van der Waals surface area (Å²) in [5, 5.41) is 2.88. The van der Waals surface area contributed by atoms with Crippen molar-refractivity contribution in [2.24, 2.45) is 5.92 Å². The van der Waals surface area contributed by atoms with Gasteiger partial charge in [-0.1, -0.05) is 6.07 Å². The van der Waals surface area contributed by atoms with Crippen LogP contribution in [0.3, 0.4) is 0 Å². The topological polar surface area (TPSA) is 80.8 Å². The van der Waals surface area contributed by atoms with Crippen molar-refractivity contribution in [3.63, 3.8) is 0 Å². The molecule has 2 aromatic rings. The van der Waals surface area contributed by atoms with Gasteiger partial charge in [0.25, 0.3) is 0 Å². The van der Waals surface area contributed by atoms with E-state index in [4.69, 9.17) is 9.47 Å². The first-order chi connectivity index (χ1) is 13.0. The molecule has 7 nitrogen and oxygen atoms in total. The number of nitrogens with one attached hydrogen (secondary N) is 1. The number of carbonyl (C=O) groups is 2. The minimum atomic E-state index is -0.403. The number of amides is 2. The fourth-order valence-corrected chi connectivity index (χ4v) is 3.10. The Morgan fingerprint density at radius 1 is 1.22 bits per heavy atom. The second-order valence-electron chi connectivity index (χ2n) is 6.46. The molecule has 0 bridgehead atoms. The number of nitrogens with zero attached hydrogens (tertiary/aromatic N) is 2. The summed E-state index contributed by atoms with van der Waals surface area (Å²) in [5.41, 5.74) is 2.35. The number of carbonyl (C=O) groups excluding carboxylic acids is 2. The van der Waals surface area contributed by atoms with Gasteiger partial charge in [-0.2, -0.15) is 0 Å². The Balaban J connectivity index is 1.67. The highest BCUT2D eigenvalue weighted by atomic mass is 16.5. The highest BCUT2D eigenvalue weighted by molar-refractivity contribution is 6.00. The van der Waals surface area contributed by atoms with Crippen molar-refractivity contribution in [3.05, 3.63) is 47.8 Å². The molecule has 1 aliphatic heterocycles. The number of benzene rings is 1. The zero-order chi connectivity index (χ0) is 19.4. The average molecular weight is 369 g/mol. The van der Waals surface area contributed by atoms with Crippen LogP contribution in [0.5, 0.6) is 11.5 Å². The lowest BCUT2D eigenvalue weighted by Gasteiger charge is -2.18. The summed E-state index contributed by atoms with van der Waals surface area (Å²) in [6.07, 6.45) is 0.173. The molecule has 1 aliphatic rings. The third-order valence-electron chi connectivity index (χ3n) is 4.53. The summed E-state index contributed by atoms with van der Waals surface area (Å²) >= 11 is 0. The molecule has 1 unspecified atom stereocenters. The van der Waals surface area contributed by atoms with Gasteiger partial charge in [0.2, 0.25) is 11.8 Å². The molecule has 3 rings (SSSR count). The molecule has 2 amide bonds. The van der Waals surface area contributed by atoms with Gasteiger partial charge in [0, 0.05) is 36.9 Å². The van der Waals surface area contributed by atoms with E-state index >= 15 is 0 Å². The molecule has 2 heterocycles. The van der Waals surface area contributed by atoms with Gasteiger partial charge >= 0.3 is 0 Å². The number of ether oxygens (including phenoxy) is 2. The molecule has 0 spiro atoms. The van der Waals surface area contributed by atoms with Gasteiger partial charge in [-0.15, -0.1) is 0 Å². The number of rotatable bonds is 6. The minimum Gasteiger partial charge on any atom is -0.497 e. The maximum atomic E-state index is 12.5. The number of aryl methyl sites for hydroxylation is 1. The molecular weight excluding hydrogens is 346 g/mol. The largest absolute Gasteiger partial charge is 0.497 e. The van der Waals surface area contributed by atoms with E-state index in [-0.39, 0.29) is 18.2 Å².